The Morgan fingerprint density at radius 2 is 1.67 bits per heavy atom. The molecule has 0 amide bonds. The molecule has 2 rings (SSSR count). The summed E-state index contributed by atoms with van der Waals surface area (Å²) in [5.74, 6) is 2.38. The van der Waals surface area contributed by atoms with Crippen molar-refractivity contribution in [3.8, 4) is 5.75 Å². The van der Waals surface area contributed by atoms with Gasteiger partial charge in [0.1, 0.15) is 5.75 Å². The van der Waals surface area contributed by atoms with Crippen LogP contribution >= 0.6 is 0 Å². The van der Waals surface area contributed by atoms with Crippen LogP contribution in [0.1, 0.15) is 71.8 Å². The largest absolute Gasteiger partial charge is 0.465 e. The van der Waals surface area contributed by atoms with Crippen LogP contribution in [0, 0.1) is 17.3 Å². The Balaban J connectivity index is 1.93. The molecule has 1 aromatic rings. The van der Waals surface area contributed by atoms with Crippen LogP contribution in [-0.4, -0.2) is 13.4 Å². The van der Waals surface area contributed by atoms with Crippen LogP contribution in [0.15, 0.2) is 24.3 Å². The van der Waals surface area contributed by atoms with E-state index in [1.165, 1.54) is 37.7 Å². The Morgan fingerprint density at radius 3 is 2.21 bits per heavy atom. The van der Waals surface area contributed by atoms with Gasteiger partial charge in [-0.15, -0.1) is 0 Å². The molecule has 1 aromatic carbocycles. The quantitative estimate of drug-likeness (QED) is 0.525. The van der Waals surface area contributed by atoms with Gasteiger partial charge in [-0.25, -0.2) is 0 Å². The molecule has 1 unspecified atom stereocenters. The van der Waals surface area contributed by atoms with Gasteiger partial charge in [-0.05, 0) is 54.2 Å². The van der Waals surface area contributed by atoms with Crippen molar-refractivity contribution in [2.75, 3.05) is 7.11 Å². The van der Waals surface area contributed by atoms with E-state index in [-0.39, 0.29) is 11.7 Å². The zero-order valence-electron chi connectivity index (χ0n) is 16.3. The van der Waals surface area contributed by atoms with Crippen molar-refractivity contribution in [3.63, 3.8) is 0 Å². The highest BCUT2D eigenvalue weighted by atomic mass is 16.7. The minimum atomic E-state index is -0.169. The summed E-state index contributed by atoms with van der Waals surface area (Å²) >= 11 is 0. The smallest absolute Gasteiger partial charge is 0.200 e. The van der Waals surface area contributed by atoms with Crippen LogP contribution in [-0.2, 0) is 11.2 Å². The molecule has 0 aliphatic heterocycles. The first-order chi connectivity index (χ1) is 11.4. The first-order valence-electron chi connectivity index (χ1n) is 9.69. The predicted molar refractivity (Wildman–Crippen MR) is 101 cm³/mol. The zero-order valence-corrected chi connectivity index (χ0v) is 16.3. The summed E-state index contributed by atoms with van der Waals surface area (Å²) in [7, 11) is 1.76. The average molecular weight is 333 g/mol. The Morgan fingerprint density at radius 1 is 1.04 bits per heavy atom. The first kappa shape index (κ1) is 19.3. The van der Waals surface area contributed by atoms with Gasteiger partial charge in [0.25, 0.3) is 0 Å². The second-order valence-corrected chi connectivity index (χ2v) is 8.55. The van der Waals surface area contributed by atoms with E-state index < -0.39 is 0 Å². The first-order valence-corrected chi connectivity index (χ1v) is 9.69. The summed E-state index contributed by atoms with van der Waals surface area (Å²) in [6, 6.07) is 8.51. The van der Waals surface area contributed by atoms with Crippen LogP contribution in [0.4, 0.5) is 0 Å². The van der Waals surface area contributed by atoms with Crippen molar-refractivity contribution in [3.05, 3.63) is 29.8 Å². The van der Waals surface area contributed by atoms with Crippen molar-refractivity contribution in [2.45, 2.75) is 78.9 Å². The lowest BCUT2D eigenvalue weighted by Crippen LogP contribution is -2.33. The minimum Gasteiger partial charge on any atom is -0.465 e. The normalized spacial score (nSPS) is 17.9. The van der Waals surface area contributed by atoms with Crippen LogP contribution in [0.3, 0.4) is 0 Å². The molecule has 2 nitrogen and oxygen atoms in total. The Labute approximate surface area is 148 Å². The topological polar surface area (TPSA) is 18.5 Å². The molecular weight excluding hydrogens is 296 g/mol. The molecule has 2 heteroatoms. The lowest BCUT2D eigenvalue weighted by atomic mass is 9.69. The molecule has 1 aliphatic rings. The molecule has 0 aromatic heterocycles. The van der Waals surface area contributed by atoms with Gasteiger partial charge in [-0.1, -0.05) is 59.1 Å². The molecule has 0 bridgehead atoms. The van der Waals surface area contributed by atoms with E-state index in [0.29, 0.717) is 5.92 Å². The third kappa shape index (κ3) is 5.81. The van der Waals surface area contributed by atoms with Gasteiger partial charge in [-0.3, -0.25) is 0 Å². The molecular formula is C22H36O2. The van der Waals surface area contributed by atoms with E-state index in [2.05, 4.69) is 52.0 Å². The third-order valence-electron chi connectivity index (χ3n) is 5.50. The highest BCUT2D eigenvalue weighted by Gasteiger charge is 2.33. The molecule has 24 heavy (non-hydrogen) atoms. The fraction of sp³-hybridized carbons (Fsp3) is 0.727. The molecule has 1 saturated carbocycles. The molecule has 0 N–H and O–H groups in total. The fourth-order valence-corrected chi connectivity index (χ4v) is 3.98. The van der Waals surface area contributed by atoms with E-state index in [9.17, 15) is 0 Å². The number of methoxy groups -OCH3 is 1. The number of hydrogen-bond donors (Lipinski definition) is 0. The molecule has 1 fully saturated rings. The lowest BCUT2D eigenvalue weighted by Gasteiger charge is -2.38. The van der Waals surface area contributed by atoms with E-state index in [4.69, 9.17) is 9.47 Å². The maximum Gasteiger partial charge on any atom is 0.200 e. The Hall–Kier alpha value is -1.02. The second-order valence-electron chi connectivity index (χ2n) is 8.55. The standard InChI is InChI=1S/C22H36O2/c1-17(2)15-18-11-13-20(14-12-18)24-21(23-5)16-22(3,4)19-9-7-6-8-10-19/h11-14,17,19,21H,6-10,15-16H2,1-5H3. The van der Waals surface area contributed by atoms with E-state index in [0.717, 1.165) is 24.5 Å². The summed E-state index contributed by atoms with van der Waals surface area (Å²) in [4.78, 5) is 0. The third-order valence-corrected chi connectivity index (χ3v) is 5.50. The van der Waals surface area contributed by atoms with Gasteiger partial charge >= 0.3 is 0 Å². The van der Waals surface area contributed by atoms with Crippen molar-refractivity contribution >= 4 is 0 Å². The number of hydrogen-bond acceptors (Lipinski definition) is 2. The van der Waals surface area contributed by atoms with Gasteiger partial charge in [0.15, 0.2) is 6.29 Å². The van der Waals surface area contributed by atoms with Gasteiger partial charge in [0.2, 0.25) is 0 Å². The zero-order chi connectivity index (χ0) is 17.6. The summed E-state index contributed by atoms with van der Waals surface area (Å²) in [6.45, 7) is 9.26. The number of ether oxygens (including phenoxy) is 2. The summed E-state index contributed by atoms with van der Waals surface area (Å²) in [6.07, 6.45) is 8.76. The summed E-state index contributed by atoms with van der Waals surface area (Å²) in [5, 5.41) is 0. The van der Waals surface area contributed by atoms with Gasteiger partial charge < -0.3 is 9.47 Å². The summed E-state index contributed by atoms with van der Waals surface area (Å²) < 4.78 is 11.8. The highest BCUT2D eigenvalue weighted by molar-refractivity contribution is 5.27. The monoisotopic (exact) mass is 332 g/mol. The SMILES string of the molecule is COC(CC(C)(C)C1CCCCC1)Oc1ccc(CC(C)C)cc1. The van der Waals surface area contributed by atoms with Crippen LogP contribution in [0.2, 0.25) is 0 Å². The van der Waals surface area contributed by atoms with Gasteiger partial charge in [-0.2, -0.15) is 0 Å². The van der Waals surface area contributed by atoms with E-state index in [1.54, 1.807) is 7.11 Å². The van der Waals surface area contributed by atoms with Crippen molar-refractivity contribution in [2.24, 2.45) is 17.3 Å². The average Bonchev–Trinajstić information content (AvgIpc) is 2.56. The van der Waals surface area contributed by atoms with Crippen molar-refractivity contribution < 1.29 is 9.47 Å². The van der Waals surface area contributed by atoms with Crippen LogP contribution in [0.5, 0.6) is 5.75 Å². The lowest BCUT2D eigenvalue weighted by molar-refractivity contribution is -0.0883. The van der Waals surface area contributed by atoms with E-state index in [1.807, 2.05) is 0 Å². The van der Waals surface area contributed by atoms with Crippen LogP contribution < -0.4 is 4.74 Å². The molecule has 1 atom stereocenters. The van der Waals surface area contributed by atoms with Gasteiger partial charge in [0, 0.05) is 13.5 Å². The molecule has 0 heterocycles. The Bertz CT molecular complexity index is 469. The van der Waals surface area contributed by atoms with Crippen molar-refractivity contribution in [1.82, 2.24) is 0 Å². The highest BCUT2D eigenvalue weighted by Crippen LogP contribution is 2.41. The number of rotatable bonds is 8. The van der Waals surface area contributed by atoms with Gasteiger partial charge in [0.05, 0.1) is 0 Å². The van der Waals surface area contributed by atoms with Crippen molar-refractivity contribution in [1.29, 1.82) is 0 Å². The number of benzene rings is 1. The molecule has 1 aliphatic carbocycles. The minimum absolute atomic E-state index is 0.169. The molecule has 0 radical (unpaired) electrons. The fourth-order valence-electron chi connectivity index (χ4n) is 3.98. The Kier molecular flexibility index (Phi) is 7.16. The molecule has 0 spiro atoms. The predicted octanol–water partition coefficient (Wildman–Crippen LogP) is 6.23. The molecule has 136 valence electrons. The van der Waals surface area contributed by atoms with Crippen LogP contribution in [0.25, 0.3) is 0 Å². The second kappa shape index (κ2) is 8.89. The maximum atomic E-state index is 6.13. The molecule has 0 saturated heterocycles. The maximum absolute atomic E-state index is 6.13. The van der Waals surface area contributed by atoms with E-state index >= 15 is 0 Å². The summed E-state index contributed by atoms with van der Waals surface area (Å²) in [5.41, 5.74) is 1.63.